The molecule has 3 unspecified atom stereocenters. The van der Waals surface area contributed by atoms with Gasteiger partial charge in [0, 0.05) is 10.9 Å². The lowest BCUT2D eigenvalue weighted by molar-refractivity contribution is 0.0886. The topological polar surface area (TPSA) is 86.6 Å². The Kier molecular flexibility index (Phi) is 8.10. The highest BCUT2D eigenvalue weighted by molar-refractivity contribution is 6.01. The summed E-state index contributed by atoms with van der Waals surface area (Å²) in [5.74, 6) is -3.99. The molecule has 8 nitrogen and oxygen atoms in total. The summed E-state index contributed by atoms with van der Waals surface area (Å²) >= 11 is 0. The molecule has 4 aliphatic rings. The lowest BCUT2D eigenvalue weighted by atomic mass is 9.93. The number of anilines is 1. The predicted molar refractivity (Wildman–Crippen MR) is 168 cm³/mol. The van der Waals surface area contributed by atoms with Gasteiger partial charge in [0.05, 0.1) is 29.2 Å². The zero-order valence-electron chi connectivity index (χ0n) is 26.5. The number of ether oxygens (including phenoxy) is 1. The zero-order chi connectivity index (χ0) is 33.2. The van der Waals surface area contributed by atoms with Gasteiger partial charge >= 0.3 is 6.01 Å². The number of halogens is 5. The number of nitrogens with one attached hydrogen (secondary N) is 1. The van der Waals surface area contributed by atoms with Crippen LogP contribution in [0.5, 0.6) is 11.8 Å². The molecular weight excluding hydrogens is 619 g/mol. The van der Waals surface area contributed by atoms with E-state index in [9.17, 15) is 13.9 Å². The molecule has 0 saturated carbocycles. The van der Waals surface area contributed by atoms with Crippen LogP contribution in [0.3, 0.4) is 0 Å². The Balaban J connectivity index is 0.00000172. The van der Waals surface area contributed by atoms with Gasteiger partial charge in [-0.25, -0.2) is 26.9 Å². The number of nitrogens with zero attached hydrogens (tertiary/aromatic N) is 5. The van der Waals surface area contributed by atoms with Crippen LogP contribution < -0.4 is 15.0 Å². The first-order chi connectivity index (χ1) is 22.6. The highest BCUT2D eigenvalue weighted by atomic mass is 19.2. The zero-order valence-corrected chi connectivity index (χ0v) is 26.5. The molecule has 47 heavy (non-hydrogen) atoms. The van der Waals surface area contributed by atoms with Crippen molar-refractivity contribution in [3.05, 3.63) is 47.4 Å². The molecule has 13 heteroatoms. The van der Waals surface area contributed by atoms with Crippen molar-refractivity contribution in [2.24, 2.45) is 5.92 Å². The Morgan fingerprint density at radius 1 is 1.00 bits per heavy atom. The Labute approximate surface area is 269 Å². The molecule has 2 N–H and O–H groups in total. The second-order valence-electron chi connectivity index (χ2n) is 12.8. The fourth-order valence-electron chi connectivity index (χ4n) is 8.06. The smallest absolute Gasteiger partial charge is 0.319 e. The average molecular weight is 657 g/mol. The van der Waals surface area contributed by atoms with Crippen molar-refractivity contribution in [1.29, 1.82) is 0 Å². The number of benzene rings is 2. The molecule has 4 aliphatic heterocycles. The Morgan fingerprint density at radius 3 is 2.49 bits per heavy atom. The summed E-state index contributed by atoms with van der Waals surface area (Å²) in [5.41, 5.74) is -0.637. The third kappa shape index (κ3) is 5.13. The summed E-state index contributed by atoms with van der Waals surface area (Å²) in [7, 11) is 0. The van der Waals surface area contributed by atoms with Crippen molar-refractivity contribution in [2.75, 3.05) is 31.1 Å². The van der Waals surface area contributed by atoms with Crippen LogP contribution in [0.4, 0.5) is 27.8 Å². The molecule has 2 aromatic heterocycles. The number of pyridine rings is 1. The maximum absolute atomic E-state index is 16.8. The van der Waals surface area contributed by atoms with Gasteiger partial charge in [0.1, 0.15) is 29.4 Å². The van der Waals surface area contributed by atoms with Gasteiger partial charge in [-0.3, -0.25) is 10.2 Å². The third-order valence-corrected chi connectivity index (χ3v) is 10.1. The number of rotatable bonds is 4. The minimum absolute atomic E-state index is 0.106. The van der Waals surface area contributed by atoms with Crippen molar-refractivity contribution in [2.45, 2.75) is 77.0 Å². The number of hydrogen-bond acceptors (Lipinski definition) is 8. The first-order valence-corrected chi connectivity index (χ1v) is 16.3. The van der Waals surface area contributed by atoms with E-state index in [-0.39, 0.29) is 81.3 Å². The molecule has 250 valence electrons. The molecule has 3 saturated heterocycles. The van der Waals surface area contributed by atoms with Gasteiger partial charge in [0.2, 0.25) is 0 Å². The van der Waals surface area contributed by atoms with Crippen LogP contribution in [0.15, 0.2) is 24.3 Å². The van der Waals surface area contributed by atoms with Gasteiger partial charge < -0.3 is 14.7 Å². The number of fused-ring (bicyclic) bond motifs is 4. The van der Waals surface area contributed by atoms with Gasteiger partial charge in [0.25, 0.3) is 0 Å². The SMILES string of the molecule is CC.C[C@H]1Cc2nc(-c3cc(O)cc4ccc(F)c(F)c34)c(F)c3nc(OCC45CCCN4CCC5)nc(c23)N2CC(F)NC(F)C12. The van der Waals surface area contributed by atoms with Crippen molar-refractivity contribution in [1.82, 2.24) is 25.2 Å². The number of hydrogen-bond donors (Lipinski definition) is 2. The number of alkyl halides is 2. The van der Waals surface area contributed by atoms with Gasteiger partial charge in [-0.1, -0.05) is 26.8 Å². The van der Waals surface area contributed by atoms with E-state index in [1.807, 2.05) is 13.8 Å². The number of aromatic nitrogens is 3. The van der Waals surface area contributed by atoms with Crippen molar-refractivity contribution in [3.63, 3.8) is 0 Å². The van der Waals surface area contributed by atoms with Crippen LogP contribution in [0, 0.1) is 23.4 Å². The van der Waals surface area contributed by atoms with Gasteiger partial charge in [-0.05, 0) is 74.7 Å². The van der Waals surface area contributed by atoms with E-state index in [0.29, 0.717) is 0 Å². The van der Waals surface area contributed by atoms with Crippen LogP contribution in [-0.4, -0.2) is 75.4 Å². The Bertz CT molecular complexity index is 1850. The normalized spacial score (nSPS) is 24.9. The second-order valence-corrected chi connectivity index (χ2v) is 12.8. The van der Waals surface area contributed by atoms with Gasteiger partial charge in [-0.15, -0.1) is 0 Å². The molecule has 4 atom stereocenters. The molecular formula is C34H37F5N6O2. The average Bonchev–Trinajstić information content (AvgIpc) is 3.60. The van der Waals surface area contributed by atoms with Crippen LogP contribution in [-0.2, 0) is 6.42 Å². The van der Waals surface area contributed by atoms with E-state index < -0.39 is 42.0 Å². The minimum atomic E-state index is -1.76. The standard InChI is InChI=1S/C32H31F5N6O2.C2H6/c1-15-10-20-23-27(25(36)26(38-20)18-12-17(44)11-16-4-5-19(33)24(35)22(16)18)40-31(45-14-32-6-2-8-42(32)9-3-7-32)41-30(23)43-13-21(34)39-29(37)28(15)43;1-2/h4-5,11-12,15,21,28-29,39,44H,2-3,6-10,13-14H2,1H3;1-2H3/t15-,21?,28?,29?;/m0./s1. The number of phenols is 1. The largest absolute Gasteiger partial charge is 0.508 e. The monoisotopic (exact) mass is 656 g/mol. The molecule has 0 amide bonds. The minimum Gasteiger partial charge on any atom is -0.508 e. The first-order valence-electron chi connectivity index (χ1n) is 16.3. The van der Waals surface area contributed by atoms with Crippen LogP contribution >= 0.6 is 0 Å². The number of phenolic OH excluding ortho intramolecular Hbond substituents is 1. The van der Waals surface area contributed by atoms with E-state index >= 15 is 13.2 Å². The van der Waals surface area contributed by atoms with Crippen molar-refractivity contribution >= 4 is 27.5 Å². The molecule has 0 spiro atoms. The van der Waals surface area contributed by atoms with Crippen LogP contribution in [0.2, 0.25) is 0 Å². The van der Waals surface area contributed by atoms with Crippen LogP contribution in [0.25, 0.3) is 32.9 Å². The lowest BCUT2D eigenvalue weighted by Crippen LogP contribution is -2.62. The summed E-state index contributed by atoms with van der Waals surface area (Å²) in [4.78, 5) is 17.6. The van der Waals surface area contributed by atoms with Crippen molar-refractivity contribution < 1.29 is 31.8 Å². The van der Waals surface area contributed by atoms with Crippen LogP contribution in [0.1, 0.15) is 52.1 Å². The Morgan fingerprint density at radius 2 is 1.74 bits per heavy atom. The summed E-state index contributed by atoms with van der Waals surface area (Å²) < 4.78 is 83.0. The van der Waals surface area contributed by atoms with E-state index in [0.717, 1.165) is 50.9 Å². The lowest BCUT2D eigenvalue weighted by Gasteiger charge is -2.42. The molecule has 0 bridgehead atoms. The molecule has 6 heterocycles. The molecule has 4 aromatic rings. The summed E-state index contributed by atoms with van der Waals surface area (Å²) in [6.45, 7) is 7.73. The maximum Gasteiger partial charge on any atom is 0.319 e. The van der Waals surface area contributed by atoms with E-state index in [2.05, 4.69) is 25.2 Å². The molecule has 3 fully saturated rings. The highest BCUT2D eigenvalue weighted by Gasteiger charge is 2.46. The Hall–Kier alpha value is -3.84. The quantitative estimate of drug-likeness (QED) is 0.189. The second kappa shape index (κ2) is 12.0. The first kappa shape index (κ1) is 31.7. The molecule has 0 radical (unpaired) electrons. The molecule has 8 rings (SSSR count). The van der Waals surface area contributed by atoms with Gasteiger partial charge in [0.15, 0.2) is 30.0 Å². The highest BCUT2D eigenvalue weighted by Crippen LogP contribution is 2.44. The summed E-state index contributed by atoms with van der Waals surface area (Å²) in [6.07, 6.45) is 0.614. The van der Waals surface area contributed by atoms with Gasteiger partial charge in [-0.2, -0.15) is 9.97 Å². The number of aromatic hydroxyl groups is 1. The van der Waals surface area contributed by atoms with Crippen molar-refractivity contribution in [3.8, 4) is 23.0 Å². The maximum atomic E-state index is 16.8. The fourth-order valence-corrected chi connectivity index (χ4v) is 8.06. The molecule has 0 aliphatic carbocycles. The summed E-state index contributed by atoms with van der Waals surface area (Å²) in [6, 6.07) is 3.57. The third-order valence-electron chi connectivity index (χ3n) is 10.1. The predicted octanol–water partition coefficient (Wildman–Crippen LogP) is 6.56. The fraction of sp³-hybridized carbons (Fsp3) is 0.500. The molecule has 2 aromatic carbocycles. The van der Waals surface area contributed by atoms with E-state index in [4.69, 9.17) is 4.74 Å². The van der Waals surface area contributed by atoms with E-state index in [1.165, 1.54) is 17.0 Å². The van der Waals surface area contributed by atoms with E-state index in [1.54, 1.807) is 6.92 Å². The summed E-state index contributed by atoms with van der Waals surface area (Å²) in [5, 5.41) is 12.9. The number of piperazine rings is 1.